The van der Waals surface area contributed by atoms with Crippen LogP contribution in [0.1, 0.15) is 361 Å². The molecule has 89 heavy (non-hydrogen) atoms. The third-order valence-electron chi connectivity index (χ3n) is 17.8. The summed E-state index contributed by atoms with van der Waals surface area (Å²) in [6.45, 7) is 4.33. The van der Waals surface area contributed by atoms with Gasteiger partial charge in [-0.25, -0.2) is 0 Å². The number of carbonyl (C=O) groups is 2. The van der Waals surface area contributed by atoms with E-state index in [2.05, 4.69) is 67.8 Å². The van der Waals surface area contributed by atoms with Gasteiger partial charge in [0, 0.05) is 12.8 Å². The molecule has 0 aromatic heterocycles. The summed E-state index contributed by atoms with van der Waals surface area (Å²) in [6, 6.07) is -0.834. The van der Waals surface area contributed by atoms with E-state index in [1.807, 2.05) is 6.08 Å². The van der Waals surface area contributed by atoms with Crippen LogP contribution in [0.3, 0.4) is 0 Å². The second-order valence-corrected chi connectivity index (χ2v) is 26.3. The predicted octanol–water partition coefficient (Wildman–Crippen LogP) is 20.1. The van der Waals surface area contributed by atoms with Crippen molar-refractivity contribution in [2.75, 3.05) is 19.8 Å². The van der Waals surface area contributed by atoms with Gasteiger partial charge in [0.1, 0.15) is 24.4 Å². The minimum absolute atomic E-state index is 0.0105. The average molecular weight is 1250 g/mol. The van der Waals surface area contributed by atoms with Gasteiger partial charge in [0.2, 0.25) is 5.91 Å². The largest absolute Gasteiger partial charge is 0.466 e. The molecule has 0 saturated carbocycles. The van der Waals surface area contributed by atoms with Crippen molar-refractivity contribution in [2.24, 2.45) is 0 Å². The molecule has 1 aliphatic heterocycles. The molecule has 7 atom stereocenters. The maximum atomic E-state index is 13.1. The molecule has 0 aromatic rings. The van der Waals surface area contributed by atoms with Crippen LogP contribution in [0.5, 0.6) is 0 Å². The number of allylic oxidation sites excluding steroid dienone is 9. The molecule has 0 radical (unpaired) electrons. The lowest BCUT2D eigenvalue weighted by Crippen LogP contribution is -2.60. The van der Waals surface area contributed by atoms with E-state index in [9.17, 15) is 35.1 Å². The highest BCUT2D eigenvalue weighted by Crippen LogP contribution is 2.23. The van der Waals surface area contributed by atoms with Crippen molar-refractivity contribution in [3.63, 3.8) is 0 Å². The van der Waals surface area contributed by atoms with Crippen LogP contribution < -0.4 is 5.32 Å². The molecule has 1 heterocycles. The minimum Gasteiger partial charge on any atom is -0.466 e. The van der Waals surface area contributed by atoms with Gasteiger partial charge in [-0.3, -0.25) is 9.59 Å². The lowest BCUT2D eigenvalue weighted by Gasteiger charge is -2.40. The van der Waals surface area contributed by atoms with E-state index in [1.165, 1.54) is 263 Å². The summed E-state index contributed by atoms with van der Waals surface area (Å²) < 4.78 is 16.7. The maximum Gasteiger partial charge on any atom is 0.305 e. The average Bonchev–Trinajstić information content (AvgIpc) is 3.63. The third kappa shape index (κ3) is 55.5. The van der Waals surface area contributed by atoms with Crippen molar-refractivity contribution in [3.8, 4) is 0 Å². The van der Waals surface area contributed by atoms with Crippen LogP contribution in [0.15, 0.2) is 60.8 Å². The van der Waals surface area contributed by atoms with Crippen LogP contribution in [-0.2, 0) is 23.8 Å². The van der Waals surface area contributed by atoms with Gasteiger partial charge in [0.25, 0.3) is 0 Å². The standard InChI is InChI=1S/C78H143NO10/c1-3-5-7-9-11-13-15-17-41-44-48-52-56-60-64-71(81)70(69-88-78-77(86)76(85)75(84)72(68-80)89-78)79-73(82)65-61-57-53-49-45-42-39-37-35-33-31-29-27-25-23-21-19-18-20-22-24-26-28-30-32-34-36-38-40-43-47-51-55-59-63-67-87-74(83)66-62-58-54-50-46-16-14-12-10-8-6-4-2/h13,15,20,22,26,28,44,48,60,64,70-72,75-78,80-81,84-86H,3-12,14,16-19,21,23-25,27,29-43,45-47,49-59,61-63,65-69H2,1-2H3,(H,79,82)/b15-13+,22-20-,28-26-,48-44+,64-60+. The molecule has 1 saturated heterocycles. The molecule has 0 aromatic carbocycles. The monoisotopic (exact) mass is 1250 g/mol. The Bertz CT molecular complexity index is 1660. The van der Waals surface area contributed by atoms with Gasteiger partial charge in [-0.15, -0.1) is 0 Å². The summed E-state index contributed by atoms with van der Waals surface area (Å²) >= 11 is 0. The molecule has 1 amide bonds. The van der Waals surface area contributed by atoms with Gasteiger partial charge in [0.05, 0.1) is 32.0 Å². The Hall–Kier alpha value is -2.64. The lowest BCUT2D eigenvalue weighted by molar-refractivity contribution is -0.302. The smallest absolute Gasteiger partial charge is 0.305 e. The lowest BCUT2D eigenvalue weighted by atomic mass is 9.99. The van der Waals surface area contributed by atoms with E-state index >= 15 is 0 Å². The first-order valence-corrected chi connectivity index (χ1v) is 38.1. The number of nitrogens with one attached hydrogen (secondary N) is 1. The summed E-state index contributed by atoms with van der Waals surface area (Å²) in [5.41, 5.74) is 0. The Morgan fingerprint density at radius 2 is 0.764 bits per heavy atom. The van der Waals surface area contributed by atoms with E-state index in [-0.39, 0.29) is 18.5 Å². The van der Waals surface area contributed by atoms with Crippen molar-refractivity contribution in [1.29, 1.82) is 0 Å². The normalized spacial score (nSPS) is 18.0. The van der Waals surface area contributed by atoms with Gasteiger partial charge >= 0.3 is 5.97 Å². The highest BCUT2D eigenvalue weighted by atomic mass is 16.7. The second-order valence-electron chi connectivity index (χ2n) is 26.3. The van der Waals surface area contributed by atoms with E-state index in [0.29, 0.717) is 19.4 Å². The summed E-state index contributed by atoms with van der Waals surface area (Å²) in [6.07, 6.45) is 79.5. The molecule has 1 aliphatic rings. The number of amides is 1. The number of carbonyl (C=O) groups excluding carboxylic acids is 2. The van der Waals surface area contributed by atoms with Crippen molar-refractivity contribution in [1.82, 2.24) is 5.32 Å². The molecular weight excluding hydrogens is 1110 g/mol. The molecule has 11 nitrogen and oxygen atoms in total. The van der Waals surface area contributed by atoms with E-state index in [1.54, 1.807) is 6.08 Å². The first-order valence-electron chi connectivity index (χ1n) is 38.1. The van der Waals surface area contributed by atoms with Crippen LogP contribution in [0.2, 0.25) is 0 Å². The zero-order valence-electron chi connectivity index (χ0n) is 57.9. The molecule has 7 unspecified atom stereocenters. The third-order valence-corrected chi connectivity index (χ3v) is 17.8. The first kappa shape index (κ1) is 84.4. The Kier molecular flexibility index (Phi) is 63.3. The molecule has 0 spiro atoms. The van der Waals surface area contributed by atoms with Gasteiger partial charge in [0.15, 0.2) is 6.29 Å². The van der Waals surface area contributed by atoms with Gasteiger partial charge in [-0.1, -0.05) is 319 Å². The fourth-order valence-corrected chi connectivity index (χ4v) is 11.9. The molecule has 0 bridgehead atoms. The highest BCUT2D eigenvalue weighted by Gasteiger charge is 2.44. The predicted molar refractivity (Wildman–Crippen MR) is 375 cm³/mol. The quantitative estimate of drug-likeness (QED) is 0.0195. The number of ether oxygens (including phenoxy) is 3. The first-order chi connectivity index (χ1) is 43.7. The van der Waals surface area contributed by atoms with Gasteiger partial charge in [-0.2, -0.15) is 0 Å². The van der Waals surface area contributed by atoms with Gasteiger partial charge < -0.3 is 45.1 Å². The van der Waals surface area contributed by atoms with Gasteiger partial charge in [-0.05, 0) is 89.9 Å². The molecule has 1 rings (SSSR count). The van der Waals surface area contributed by atoms with E-state index in [0.717, 1.165) is 70.6 Å². The van der Waals surface area contributed by atoms with E-state index in [4.69, 9.17) is 14.2 Å². The van der Waals surface area contributed by atoms with Crippen molar-refractivity contribution < 1.29 is 49.3 Å². The summed E-state index contributed by atoms with van der Waals surface area (Å²) in [4.78, 5) is 25.1. The Morgan fingerprint density at radius 1 is 0.416 bits per heavy atom. The fraction of sp³-hybridized carbons (Fsp3) is 0.846. The highest BCUT2D eigenvalue weighted by molar-refractivity contribution is 5.76. The van der Waals surface area contributed by atoms with Crippen molar-refractivity contribution in [3.05, 3.63) is 60.8 Å². The summed E-state index contributed by atoms with van der Waals surface area (Å²) in [5.74, 6) is -0.183. The Morgan fingerprint density at radius 3 is 1.19 bits per heavy atom. The molecule has 6 N–H and O–H groups in total. The zero-order valence-corrected chi connectivity index (χ0v) is 57.9. The number of aliphatic hydroxyl groups is 5. The number of aliphatic hydroxyl groups excluding tert-OH is 5. The molecule has 520 valence electrons. The van der Waals surface area contributed by atoms with Crippen LogP contribution in [-0.4, -0.2) is 100 Å². The summed E-state index contributed by atoms with van der Waals surface area (Å²) in [7, 11) is 0. The zero-order chi connectivity index (χ0) is 64.4. The molecule has 11 heteroatoms. The molecule has 0 aliphatic carbocycles. The van der Waals surface area contributed by atoms with E-state index < -0.39 is 49.5 Å². The second kappa shape index (κ2) is 66.8. The summed E-state index contributed by atoms with van der Waals surface area (Å²) in [5, 5.41) is 54.5. The molecule has 1 fully saturated rings. The van der Waals surface area contributed by atoms with Crippen LogP contribution in [0.4, 0.5) is 0 Å². The minimum atomic E-state index is -1.58. The SMILES string of the molecule is CCCCCC/C=C/CC/C=C/CC/C=C/C(O)C(COC1OC(CO)C(O)C(O)C1O)NC(=O)CCCCCCCCCCCCCCCCCCC/C=C\C/C=C\CCCCCCCCCCCCCOC(=O)CCCCCCCCCCCCCC. The van der Waals surface area contributed by atoms with Crippen molar-refractivity contribution in [2.45, 2.75) is 403 Å². The number of hydrogen-bond donors (Lipinski definition) is 6. The number of rotatable bonds is 67. The Labute approximate surface area is 548 Å². The van der Waals surface area contributed by atoms with Crippen molar-refractivity contribution >= 4 is 11.9 Å². The fourth-order valence-electron chi connectivity index (χ4n) is 11.9. The topological polar surface area (TPSA) is 175 Å². The number of unbranched alkanes of at least 4 members (excludes halogenated alkanes) is 45. The number of esters is 1. The van der Waals surface area contributed by atoms with Crippen LogP contribution >= 0.6 is 0 Å². The van der Waals surface area contributed by atoms with Crippen LogP contribution in [0.25, 0.3) is 0 Å². The maximum absolute atomic E-state index is 13.1. The Balaban J connectivity index is 1.96. The molecular formula is C78H143NO10. The number of hydrogen-bond acceptors (Lipinski definition) is 10. The van der Waals surface area contributed by atoms with Crippen LogP contribution in [0, 0.1) is 0 Å².